The van der Waals surface area contributed by atoms with Crippen LogP contribution in [-0.4, -0.2) is 8.42 Å². The Balaban J connectivity index is 2.73. The summed E-state index contributed by atoms with van der Waals surface area (Å²) in [6.07, 6.45) is 0. The molecule has 15 heavy (non-hydrogen) atoms. The van der Waals surface area contributed by atoms with Crippen molar-refractivity contribution in [3.8, 4) is 6.07 Å². The Morgan fingerprint density at radius 3 is 2.67 bits per heavy atom. The summed E-state index contributed by atoms with van der Waals surface area (Å²) in [5, 5.41) is 9.45. The van der Waals surface area contributed by atoms with Crippen molar-refractivity contribution in [2.75, 3.05) is 0 Å². The lowest BCUT2D eigenvalue weighted by molar-refractivity contribution is 0.611. The first-order valence-electron chi connectivity index (χ1n) is 3.89. The van der Waals surface area contributed by atoms with Crippen molar-refractivity contribution in [1.29, 1.82) is 5.26 Å². The maximum absolute atomic E-state index is 11.1. The Hall–Kier alpha value is -1.09. The molecule has 0 fully saturated rings. The highest BCUT2D eigenvalue weighted by molar-refractivity contribution is 8.15. The summed E-state index contributed by atoms with van der Waals surface area (Å²) in [6, 6.07) is 8.48. The molecule has 0 spiro atoms. The Morgan fingerprint density at radius 1 is 1.33 bits per heavy atom. The molecule has 76 valence electrons. The zero-order valence-electron chi connectivity index (χ0n) is 7.27. The first kappa shape index (κ1) is 10.4. The molecule has 2 rings (SSSR count). The highest BCUT2D eigenvalue weighted by atomic mass is 35.7. The van der Waals surface area contributed by atoms with Gasteiger partial charge in [-0.3, -0.25) is 0 Å². The first-order chi connectivity index (χ1) is 7.00. The summed E-state index contributed by atoms with van der Waals surface area (Å²) in [6.45, 7) is 0. The first-order valence-corrected chi connectivity index (χ1v) is 7.01. The number of thiophene rings is 1. The lowest BCUT2D eigenvalue weighted by atomic mass is 10.2. The third-order valence-electron chi connectivity index (χ3n) is 1.87. The number of benzene rings is 1. The maximum Gasteiger partial charge on any atom is 0.270 e. The van der Waals surface area contributed by atoms with E-state index in [1.165, 1.54) is 6.07 Å². The average Bonchev–Trinajstić information content (AvgIpc) is 2.59. The molecule has 3 nitrogen and oxygen atoms in total. The molecule has 0 aliphatic rings. The number of hydrogen-bond donors (Lipinski definition) is 0. The Kier molecular flexibility index (Phi) is 2.43. The van der Waals surface area contributed by atoms with Gasteiger partial charge in [0, 0.05) is 15.4 Å². The van der Waals surface area contributed by atoms with Crippen LogP contribution >= 0.6 is 22.0 Å². The van der Waals surface area contributed by atoms with E-state index >= 15 is 0 Å². The van der Waals surface area contributed by atoms with E-state index in [0.29, 0.717) is 5.56 Å². The van der Waals surface area contributed by atoms with Gasteiger partial charge in [-0.1, -0.05) is 6.07 Å². The second-order valence-corrected chi connectivity index (χ2v) is 6.74. The molecule has 0 saturated carbocycles. The summed E-state index contributed by atoms with van der Waals surface area (Å²) in [5.74, 6) is 0. The highest BCUT2D eigenvalue weighted by Gasteiger charge is 2.14. The lowest BCUT2D eigenvalue weighted by Gasteiger charge is -1.87. The molecule has 2 aromatic rings. The van der Waals surface area contributed by atoms with Gasteiger partial charge in [-0.05, 0) is 23.6 Å². The molecule has 0 amide bonds. The van der Waals surface area contributed by atoms with E-state index in [0.717, 1.165) is 21.4 Å². The van der Waals surface area contributed by atoms with Crippen LogP contribution in [0.3, 0.4) is 0 Å². The third-order valence-corrected chi connectivity index (χ3v) is 5.04. The Morgan fingerprint density at radius 2 is 2.07 bits per heavy atom. The number of fused-ring (bicyclic) bond motifs is 1. The van der Waals surface area contributed by atoms with Crippen LogP contribution in [0.15, 0.2) is 28.5 Å². The SMILES string of the molecule is N#Cc1ccc2cc(S(=O)(=O)Cl)sc2c1. The smallest absolute Gasteiger partial charge is 0.206 e. The fraction of sp³-hybridized carbons (Fsp3) is 0. The largest absolute Gasteiger partial charge is 0.270 e. The summed E-state index contributed by atoms with van der Waals surface area (Å²) in [4.78, 5) is 0. The molecule has 0 aliphatic heterocycles. The molecule has 0 saturated heterocycles. The molecule has 1 heterocycles. The minimum absolute atomic E-state index is 0.106. The van der Waals surface area contributed by atoms with Gasteiger partial charge < -0.3 is 0 Å². The molecule has 0 aliphatic carbocycles. The van der Waals surface area contributed by atoms with Crippen LogP contribution in [0.25, 0.3) is 10.1 Å². The monoisotopic (exact) mass is 257 g/mol. The van der Waals surface area contributed by atoms with Gasteiger partial charge in [0.05, 0.1) is 11.6 Å². The molecule has 0 N–H and O–H groups in total. The number of nitrogens with zero attached hydrogens (tertiary/aromatic N) is 1. The quantitative estimate of drug-likeness (QED) is 0.738. The van der Waals surface area contributed by atoms with Gasteiger partial charge in [-0.15, -0.1) is 11.3 Å². The molecule has 1 aromatic carbocycles. The van der Waals surface area contributed by atoms with Crippen molar-refractivity contribution in [2.45, 2.75) is 4.21 Å². The number of rotatable bonds is 1. The topological polar surface area (TPSA) is 57.9 Å². The van der Waals surface area contributed by atoms with E-state index in [-0.39, 0.29) is 4.21 Å². The normalized spacial score (nSPS) is 11.5. The minimum atomic E-state index is -3.68. The van der Waals surface area contributed by atoms with Crippen molar-refractivity contribution in [1.82, 2.24) is 0 Å². The van der Waals surface area contributed by atoms with E-state index in [2.05, 4.69) is 0 Å². The number of nitriles is 1. The van der Waals surface area contributed by atoms with Gasteiger partial charge in [-0.25, -0.2) is 8.42 Å². The second-order valence-electron chi connectivity index (χ2n) is 2.87. The van der Waals surface area contributed by atoms with Crippen molar-refractivity contribution < 1.29 is 8.42 Å². The molecule has 0 bridgehead atoms. The third kappa shape index (κ3) is 1.97. The minimum Gasteiger partial charge on any atom is -0.206 e. The Labute approximate surface area is 94.9 Å². The number of halogens is 1. The van der Waals surface area contributed by atoms with Gasteiger partial charge in [-0.2, -0.15) is 5.26 Å². The summed E-state index contributed by atoms with van der Waals surface area (Å²) in [7, 11) is 1.54. The van der Waals surface area contributed by atoms with Crippen molar-refractivity contribution >= 4 is 41.2 Å². The molecule has 6 heteroatoms. The van der Waals surface area contributed by atoms with Crippen LogP contribution in [0, 0.1) is 11.3 Å². The summed E-state index contributed by atoms with van der Waals surface area (Å²) >= 11 is 1.06. The van der Waals surface area contributed by atoms with Crippen molar-refractivity contribution in [3.05, 3.63) is 29.8 Å². The fourth-order valence-corrected chi connectivity index (χ4v) is 3.38. The van der Waals surface area contributed by atoms with Crippen molar-refractivity contribution in [3.63, 3.8) is 0 Å². The lowest BCUT2D eigenvalue weighted by Crippen LogP contribution is -1.83. The van der Waals surface area contributed by atoms with Gasteiger partial charge in [0.2, 0.25) is 0 Å². The summed E-state index contributed by atoms with van der Waals surface area (Å²) in [5.41, 5.74) is 0.503. The molecule has 0 radical (unpaired) electrons. The molecule has 0 atom stereocenters. The average molecular weight is 258 g/mol. The predicted molar refractivity (Wildman–Crippen MR) is 59.6 cm³/mol. The van der Waals surface area contributed by atoms with Crippen LogP contribution < -0.4 is 0 Å². The van der Waals surface area contributed by atoms with Gasteiger partial charge in [0.1, 0.15) is 4.21 Å². The second kappa shape index (κ2) is 3.49. The van der Waals surface area contributed by atoms with E-state index in [1.807, 2.05) is 6.07 Å². The van der Waals surface area contributed by atoms with Crippen LogP contribution in [-0.2, 0) is 9.05 Å². The highest BCUT2D eigenvalue weighted by Crippen LogP contribution is 2.31. The van der Waals surface area contributed by atoms with E-state index in [4.69, 9.17) is 15.9 Å². The van der Waals surface area contributed by atoms with Crippen LogP contribution in [0.5, 0.6) is 0 Å². The number of hydrogen-bond acceptors (Lipinski definition) is 4. The molecule has 0 unspecified atom stereocenters. The van der Waals surface area contributed by atoms with E-state index < -0.39 is 9.05 Å². The van der Waals surface area contributed by atoms with Crippen molar-refractivity contribution in [2.24, 2.45) is 0 Å². The predicted octanol–water partition coefficient (Wildman–Crippen LogP) is 2.70. The maximum atomic E-state index is 11.1. The zero-order valence-corrected chi connectivity index (χ0v) is 9.66. The van der Waals surface area contributed by atoms with Crippen LogP contribution in [0.1, 0.15) is 5.56 Å². The fourth-order valence-electron chi connectivity index (χ4n) is 1.20. The van der Waals surface area contributed by atoms with Gasteiger partial charge in [0.15, 0.2) is 0 Å². The zero-order chi connectivity index (χ0) is 11.1. The summed E-state index contributed by atoms with van der Waals surface area (Å²) < 4.78 is 23.0. The Bertz CT molecular complexity index is 667. The van der Waals surface area contributed by atoms with Crippen LogP contribution in [0.4, 0.5) is 0 Å². The van der Waals surface area contributed by atoms with Gasteiger partial charge in [0.25, 0.3) is 9.05 Å². The van der Waals surface area contributed by atoms with E-state index in [1.54, 1.807) is 18.2 Å². The van der Waals surface area contributed by atoms with E-state index in [9.17, 15) is 8.42 Å². The molecular formula is C9H4ClNO2S2. The molecule has 1 aromatic heterocycles. The molecular weight excluding hydrogens is 254 g/mol. The standard InChI is InChI=1S/C9H4ClNO2S2/c10-15(12,13)9-4-7-2-1-6(5-11)3-8(7)14-9/h1-4H. The van der Waals surface area contributed by atoms with Gasteiger partial charge >= 0.3 is 0 Å². The van der Waals surface area contributed by atoms with Crippen LogP contribution in [0.2, 0.25) is 0 Å².